The van der Waals surface area contributed by atoms with Gasteiger partial charge in [0, 0.05) is 6.42 Å². The van der Waals surface area contributed by atoms with Gasteiger partial charge in [0.25, 0.3) is 0 Å². The zero-order chi connectivity index (χ0) is 27.3. The molecule has 0 aromatic heterocycles. The molecule has 0 saturated heterocycles. The molecule has 0 bridgehead atoms. The number of primary amides is 1. The van der Waals surface area contributed by atoms with Gasteiger partial charge in [-0.15, -0.1) is 0 Å². The first-order valence-corrected chi connectivity index (χ1v) is 13.0. The van der Waals surface area contributed by atoms with Crippen LogP contribution in [0.3, 0.4) is 0 Å². The van der Waals surface area contributed by atoms with E-state index in [4.69, 9.17) is 11.5 Å². The van der Waals surface area contributed by atoms with Crippen molar-refractivity contribution in [1.29, 1.82) is 0 Å². The molecule has 4 atom stereocenters. The van der Waals surface area contributed by atoms with Gasteiger partial charge in [-0.3, -0.25) is 19.2 Å². The van der Waals surface area contributed by atoms with E-state index in [1.807, 2.05) is 20.1 Å². The number of carbonyl (C=O) groups is 5. The van der Waals surface area contributed by atoms with Crippen molar-refractivity contribution in [3.8, 4) is 0 Å². The molecule has 0 heterocycles. The van der Waals surface area contributed by atoms with E-state index in [1.54, 1.807) is 30.3 Å². The van der Waals surface area contributed by atoms with Gasteiger partial charge in [0.05, 0.1) is 12.5 Å². The molecule has 4 amide bonds. The SMILES string of the molecule is CSCCC(NC(=O)C(N)CC(C)C)C(=O)NC(CC(N)=O)C(=O)NC(Cc1ccccc1)C(=O)O. The molecule has 0 aliphatic rings. The summed E-state index contributed by atoms with van der Waals surface area (Å²) in [6.07, 6.45) is 1.96. The number of thioether (sulfide) groups is 1. The van der Waals surface area contributed by atoms with E-state index in [0.29, 0.717) is 17.7 Å². The number of rotatable bonds is 16. The lowest BCUT2D eigenvalue weighted by atomic mass is 10.0. The standard InChI is InChI=1S/C24H37N5O6S/c1-14(2)11-16(25)21(31)27-17(9-10-36-3)22(32)28-18(13-20(26)30)23(33)29-19(24(34)35)12-15-7-5-4-6-8-15/h4-8,14,16-19H,9-13,25H2,1-3H3,(H2,26,30)(H,27,31)(H,28,32)(H,29,33)(H,34,35). The van der Waals surface area contributed by atoms with Gasteiger partial charge in [-0.05, 0) is 36.3 Å². The Labute approximate surface area is 215 Å². The molecule has 200 valence electrons. The van der Waals surface area contributed by atoms with Crippen LogP contribution in [0, 0.1) is 5.92 Å². The summed E-state index contributed by atoms with van der Waals surface area (Å²) in [6, 6.07) is 4.14. The summed E-state index contributed by atoms with van der Waals surface area (Å²) in [5.74, 6) is -3.53. The second kappa shape index (κ2) is 15.8. The Morgan fingerprint density at radius 1 is 0.917 bits per heavy atom. The van der Waals surface area contributed by atoms with Crippen LogP contribution in [0.15, 0.2) is 30.3 Å². The van der Waals surface area contributed by atoms with Crippen LogP contribution < -0.4 is 27.4 Å². The summed E-state index contributed by atoms with van der Waals surface area (Å²) in [7, 11) is 0. The number of carboxylic acid groups (broad SMARTS) is 1. The van der Waals surface area contributed by atoms with Crippen molar-refractivity contribution in [3.05, 3.63) is 35.9 Å². The summed E-state index contributed by atoms with van der Waals surface area (Å²) in [4.78, 5) is 61.8. The fourth-order valence-corrected chi connectivity index (χ4v) is 3.87. The van der Waals surface area contributed by atoms with Crippen LogP contribution in [-0.4, -0.2) is 70.9 Å². The third-order valence-electron chi connectivity index (χ3n) is 5.24. The van der Waals surface area contributed by atoms with Crippen molar-refractivity contribution in [2.24, 2.45) is 17.4 Å². The number of nitrogens with one attached hydrogen (secondary N) is 3. The summed E-state index contributed by atoms with van der Waals surface area (Å²) < 4.78 is 0. The molecular formula is C24H37N5O6S. The van der Waals surface area contributed by atoms with E-state index in [2.05, 4.69) is 16.0 Å². The van der Waals surface area contributed by atoms with E-state index >= 15 is 0 Å². The van der Waals surface area contributed by atoms with Crippen LogP contribution in [0.1, 0.15) is 38.7 Å². The number of hydrogen-bond donors (Lipinski definition) is 6. The molecule has 0 radical (unpaired) electrons. The van der Waals surface area contributed by atoms with Crippen molar-refractivity contribution >= 4 is 41.4 Å². The van der Waals surface area contributed by atoms with Crippen molar-refractivity contribution < 1.29 is 29.1 Å². The third kappa shape index (κ3) is 11.5. The number of hydrogen-bond acceptors (Lipinski definition) is 7. The number of carbonyl (C=O) groups excluding carboxylic acids is 4. The highest BCUT2D eigenvalue weighted by atomic mass is 32.2. The lowest BCUT2D eigenvalue weighted by Crippen LogP contribution is -2.58. The third-order valence-corrected chi connectivity index (χ3v) is 5.89. The summed E-state index contributed by atoms with van der Waals surface area (Å²) in [6.45, 7) is 3.83. The van der Waals surface area contributed by atoms with Crippen LogP contribution in [0.25, 0.3) is 0 Å². The largest absolute Gasteiger partial charge is 0.480 e. The highest BCUT2D eigenvalue weighted by molar-refractivity contribution is 7.98. The van der Waals surface area contributed by atoms with Crippen LogP contribution in [0.2, 0.25) is 0 Å². The van der Waals surface area contributed by atoms with E-state index < -0.39 is 60.2 Å². The molecular weight excluding hydrogens is 486 g/mol. The van der Waals surface area contributed by atoms with Crippen molar-refractivity contribution in [2.45, 2.75) is 63.7 Å². The monoisotopic (exact) mass is 523 g/mol. The Balaban J connectivity index is 2.98. The van der Waals surface area contributed by atoms with Crippen molar-refractivity contribution in [2.75, 3.05) is 12.0 Å². The van der Waals surface area contributed by atoms with E-state index in [9.17, 15) is 29.1 Å². The van der Waals surface area contributed by atoms with Crippen LogP contribution in [-0.2, 0) is 30.4 Å². The molecule has 1 rings (SSSR count). The Hall–Kier alpha value is -3.12. The molecule has 0 saturated carbocycles. The second-order valence-electron chi connectivity index (χ2n) is 8.90. The predicted octanol–water partition coefficient (Wildman–Crippen LogP) is -0.230. The fourth-order valence-electron chi connectivity index (χ4n) is 3.40. The molecule has 0 fully saturated rings. The first-order valence-electron chi connectivity index (χ1n) is 11.6. The van der Waals surface area contributed by atoms with Crippen molar-refractivity contribution in [1.82, 2.24) is 16.0 Å². The first-order chi connectivity index (χ1) is 16.9. The van der Waals surface area contributed by atoms with Gasteiger partial charge < -0.3 is 32.5 Å². The first kappa shape index (κ1) is 30.9. The average Bonchev–Trinajstić information content (AvgIpc) is 2.80. The van der Waals surface area contributed by atoms with Crippen LogP contribution >= 0.6 is 11.8 Å². The van der Waals surface area contributed by atoms with Gasteiger partial charge in [-0.1, -0.05) is 44.2 Å². The fraction of sp³-hybridized carbons (Fsp3) is 0.542. The molecule has 0 aliphatic carbocycles. The maximum atomic E-state index is 13.0. The van der Waals surface area contributed by atoms with Gasteiger partial charge >= 0.3 is 5.97 Å². The van der Waals surface area contributed by atoms with Gasteiger partial charge in [0.1, 0.15) is 18.1 Å². The minimum atomic E-state index is -1.43. The highest BCUT2D eigenvalue weighted by Gasteiger charge is 2.31. The topological polar surface area (TPSA) is 194 Å². The minimum absolute atomic E-state index is 0.000698. The van der Waals surface area contributed by atoms with Crippen LogP contribution in [0.4, 0.5) is 0 Å². The highest BCUT2D eigenvalue weighted by Crippen LogP contribution is 2.08. The molecule has 1 aromatic rings. The summed E-state index contributed by atoms with van der Waals surface area (Å²) >= 11 is 1.46. The van der Waals surface area contributed by atoms with Crippen molar-refractivity contribution in [3.63, 3.8) is 0 Å². The smallest absolute Gasteiger partial charge is 0.326 e. The molecule has 0 aliphatic heterocycles. The maximum Gasteiger partial charge on any atom is 0.326 e. The normalized spacial score (nSPS) is 14.2. The molecule has 1 aromatic carbocycles. The lowest BCUT2D eigenvalue weighted by Gasteiger charge is -2.25. The number of aliphatic carboxylic acids is 1. The van der Waals surface area contributed by atoms with Gasteiger partial charge in [0.15, 0.2) is 0 Å². The zero-order valence-electron chi connectivity index (χ0n) is 20.9. The number of amides is 4. The van der Waals surface area contributed by atoms with E-state index in [0.717, 1.165) is 0 Å². The van der Waals surface area contributed by atoms with Gasteiger partial charge in [-0.2, -0.15) is 11.8 Å². The lowest BCUT2D eigenvalue weighted by molar-refractivity contribution is -0.142. The Bertz CT molecular complexity index is 898. The van der Waals surface area contributed by atoms with Gasteiger partial charge in [-0.25, -0.2) is 4.79 Å². The summed E-state index contributed by atoms with van der Waals surface area (Å²) in [5, 5.41) is 17.0. The molecule has 12 heteroatoms. The Kier molecular flexibility index (Phi) is 13.6. The number of carboxylic acids is 1. The quantitative estimate of drug-likeness (QED) is 0.171. The Morgan fingerprint density at radius 2 is 1.47 bits per heavy atom. The van der Waals surface area contributed by atoms with Crippen LogP contribution in [0.5, 0.6) is 0 Å². The average molecular weight is 524 g/mol. The number of nitrogens with two attached hydrogens (primary N) is 2. The zero-order valence-corrected chi connectivity index (χ0v) is 21.7. The second-order valence-corrected chi connectivity index (χ2v) is 9.89. The Morgan fingerprint density at radius 3 is 2.00 bits per heavy atom. The maximum absolute atomic E-state index is 13.0. The molecule has 8 N–H and O–H groups in total. The van der Waals surface area contributed by atoms with Gasteiger partial charge in [0.2, 0.25) is 23.6 Å². The van der Waals surface area contributed by atoms with E-state index in [-0.39, 0.29) is 18.8 Å². The molecule has 0 spiro atoms. The molecule has 36 heavy (non-hydrogen) atoms. The van der Waals surface area contributed by atoms with E-state index in [1.165, 1.54) is 11.8 Å². The summed E-state index contributed by atoms with van der Waals surface area (Å²) in [5.41, 5.74) is 11.9. The molecule has 4 unspecified atom stereocenters. The number of benzene rings is 1. The molecule has 11 nitrogen and oxygen atoms in total. The predicted molar refractivity (Wildman–Crippen MR) is 138 cm³/mol. The minimum Gasteiger partial charge on any atom is -0.480 e.